The maximum Gasteiger partial charge on any atom is 0.404 e. The number of primary amides is 1. The van der Waals surface area contributed by atoms with Crippen LogP contribution in [0.2, 0.25) is 0 Å². The molecule has 32 heavy (non-hydrogen) atoms. The summed E-state index contributed by atoms with van der Waals surface area (Å²) in [6.45, 7) is 5.77. The SMILES string of the molecule is CCCCCCCCCCCCCCCCNC(=O)[C@@H](N)CCCCN.CCOC(N)=O. The zero-order valence-corrected chi connectivity index (χ0v) is 21.2. The van der Waals surface area contributed by atoms with Gasteiger partial charge in [0, 0.05) is 6.54 Å². The van der Waals surface area contributed by atoms with E-state index in [2.05, 4.69) is 22.7 Å². The predicted molar refractivity (Wildman–Crippen MR) is 135 cm³/mol. The summed E-state index contributed by atoms with van der Waals surface area (Å²) < 4.78 is 4.18. The first-order chi connectivity index (χ1) is 15.5. The molecule has 0 saturated heterocycles. The molecule has 192 valence electrons. The minimum Gasteiger partial charge on any atom is -0.450 e. The van der Waals surface area contributed by atoms with Crippen molar-refractivity contribution < 1.29 is 14.3 Å². The van der Waals surface area contributed by atoms with Crippen molar-refractivity contribution in [2.45, 2.75) is 129 Å². The number of nitrogens with one attached hydrogen (secondary N) is 1. The summed E-state index contributed by atoms with van der Waals surface area (Å²) in [7, 11) is 0. The number of hydrogen-bond acceptors (Lipinski definition) is 5. The van der Waals surface area contributed by atoms with Crippen LogP contribution in [0.3, 0.4) is 0 Å². The standard InChI is InChI=1S/C22H47N3O.C3H7NO2/c1-2-3-4-5-6-7-8-9-10-11-12-13-14-17-20-25-22(26)21(24)18-15-16-19-23;1-2-6-3(4)5/h21H,2-20,23-24H2,1H3,(H,25,26);2H2,1H3,(H2,4,5)/t21-;/m0./s1. The number of rotatable bonds is 21. The van der Waals surface area contributed by atoms with Crippen LogP contribution in [0.15, 0.2) is 0 Å². The van der Waals surface area contributed by atoms with E-state index in [9.17, 15) is 9.59 Å². The van der Waals surface area contributed by atoms with Gasteiger partial charge in [-0.25, -0.2) is 4.79 Å². The van der Waals surface area contributed by atoms with E-state index in [-0.39, 0.29) is 11.9 Å². The van der Waals surface area contributed by atoms with Gasteiger partial charge in [0.25, 0.3) is 0 Å². The second-order valence-electron chi connectivity index (χ2n) is 8.53. The van der Waals surface area contributed by atoms with Gasteiger partial charge in [-0.2, -0.15) is 0 Å². The Balaban J connectivity index is 0. The van der Waals surface area contributed by atoms with Crippen LogP contribution in [-0.4, -0.2) is 37.7 Å². The molecular weight excluding hydrogens is 404 g/mol. The first-order valence-corrected chi connectivity index (χ1v) is 13.1. The summed E-state index contributed by atoms with van der Waals surface area (Å²) in [6, 6.07) is -0.367. The van der Waals surface area contributed by atoms with E-state index in [1.54, 1.807) is 6.92 Å². The molecule has 0 aliphatic heterocycles. The Hall–Kier alpha value is -1.34. The third-order valence-electron chi connectivity index (χ3n) is 5.42. The van der Waals surface area contributed by atoms with E-state index in [0.717, 1.165) is 32.2 Å². The Morgan fingerprint density at radius 1 is 0.750 bits per heavy atom. The highest BCUT2D eigenvalue weighted by molar-refractivity contribution is 5.81. The molecule has 0 unspecified atom stereocenters. The first kappa shape index (κ1) is 32.8. The fourth-order valence-electron chi connectivity index (χ4n) is 3.44. The van der Waals surface area contributed by atoms with Crippen LogP contribution in [0.4, 0.5) is 4.79 Å². The maximum atomic E-state index is 11.8. The van der Waals surface area contributed by atoms with Gasteiger partial charge in [0.05, 0.1) is 12.6 Å². The van der Waals surface area contributed by atoms with Gasteiger partial charge in [-0.05, 0) is 32.7 Å². The first-order valence-electron chi connectivity index (χ1n) is 13.1. The van der Waals surface area contributed by atoms with Crippen molar-refractivity contribution in [1.29, 1.82) is 0 Å². The second-order valence-corrected chi connectivity index (χ2v) is 8.53. The molecule has 0 heterocycles. The molecule has 0 fully saturated rings. The Morgan fingerprint density at radius 3 is 1.59 bits per heavy atom. The fourth-order valence-corrected chi connectivity index (χ4v) is 3.44. The van der Waals surface area contributed by atoms with E-state index in [1.165, 1.54) is 83.5 Å². The number of nitrogens with two attached hydrogens (primary N) is 3. The van der Waals surface area contributed by atoms with Crippen molar-refractivity contribution >= 4 is 12.0 Å². The van der Waals surface area contributed by atoms with Crippen molar-refractivity contribution in [3.05, 3.63) is 0 Å². The third kappa shape index (κ3) is 28.7. The molecule has 7 N–H and O–H groups in total. The Morgan fingerprint density at radius 2 is 1.22 bits per heavy atom. The van der Waals surface area contributed by atoms with Gasteiger partial charge in [-0.1, -0.05) is 96.8 Å². The normalized spacial score (nSPS) is 11.4. The molecule has 2 amide bonds. The smallest absolute Gasteiger partial charge is 0.404 e. The summed E-state index contributed by atoms with van der Waals surface area (Å²) in [6.07, 6.45) is 20.9. The number of unbranched alkanes of at least 4 members (excludes halogenated alkanes) is 14. The summed E-state index contributed by atoms with van der Waals surface area (Å²) in [5.41, 5.74) is 15.9. The number of ether oxygens (including phenoxy) is 1. The molecule has 0 radical (unpaired) electrons. The summed E-state index contributed by atoms with van der Waals surface area (Å²) in [5.74, 6) is -0.00304. The lowest BCUT2D eigenvalue weighted by Gasteiger charge is -2.11. The molecular formula is C25H54N4O3. The van der Waals surface area contributed by atoms with Crippen LogP contribution >= 0.6 is 0 Å². The van der Waals surface area contributed by atoms with Gasteiger partial charge in [0.2, 0.25) is 5.91 Å². The number of hydrogen-bond donors (Lipinski definition) is 4. The van der Waals surface area contributed by atoms with Crippen LogP contribution in [0.25, 0.3) is 0 Å². The lowest BCUT2D eigenvalue weighted by molar-refractivity contribution is -0.122. The van der Waals surface area contributed by atoms with E-state index in [1.807, 2.05) is 0 Å². The van der Waals surface area contributed by atoms with Crippen LogP contribution < -0.4 is 22.5 Å². The highest BCUT2D eigenvalue weighted by atomic mass is 16.5. The molecule has 0 saturated carbocycles. The van der Waals surface area contributed by atoms with Gasteiger partial charge in [0.15, 0.2) is 0 Å². The minimum absolute atomic E-state index is 0.00304. The van der Waals surface area contributed by atoms with Gasteiger partial charge in [-0.3, -0.25) is 4.79 Å². The van der Waals surface area contributed by atoms with Crippen LogP contribution in [0.1, 0.15) is 123 Å². The van der Waals surface area contributed by atoms with Gasteiger partial charge >= 0.3 is 6.09 Å². The topological polar surface area (TPSA) is 133 Å². The third-order valence-corrected chi connectivity index (χ3v) is 5.42. The van der Waals surface area contributed by atoms with Gasteiger partial charge in [0.1, 0.15) is 0 Å². The largest absolute Gasteiger partial charge is 0.450 e. The Bertz CT molecular complexity index is 409. The summed E-state index contributed by atoms with van der Waals surface area (Å²) in [5, 5.41) is 2.96. The molecule has 0 spiro atoms. The molecule has 0 bridgehead atoms. The maximum absolute atomic E-state index is 11.8. The number of carbonyl (C=O) groups excluding carboxylic acids is 2. The van der Waals surface area contributed by atoms with E-state index < -0.39 is 6.09 Å². The molecule has 0 aromatic heterocycles. The minimum atomic E-state index is -0.711. The monoisotopic (exact) mass is 458 g/mol. The van der Waals surface area contributed by atoms with Crippen molar-refractivity contribution in [2.75, 3.05) is 19.7 Å². The van der Waals surface area contributed by atoms with E-state index in [4.69, 9.17) is 11.5 Å². The molecule has 0 aromatic carbocycles. The van der Waals surface area contributed by atoms with Gasteiger partial charge < -0.3 is 27.3 Å². The molecule has 1 atom stereocenters. The lowest BCUT2D eigenvalue weighted by atomic mass is 10.0. The van der Waals surface area contributed by atoms with Crippen LogP contribution in [0, 0.1) is 0 Å². The molecule has 0 rings (SSSR count). The Kier molecular flexibility index (Phi) is 28.4. The van der Waals surface area contributed by atoms with Gasteiger partial charge in [-0.15, -0.1) is 0 Å². The average Bonchev–Trinajstić information content (AvgIpc) is 2.76. The summed E-state index contributed by atoms with van der Waals surface area (Å²) in [4.78, 5) is 21.4. The van der Waals surface area contributed by atoms with Crippen LogP contribution in [-0.2, 0) is 9.53 Å². The predicted octanol–water partition coefficient (Wildman–Crippen LogP) is 5.14. The number of amides is 2. The number of carbonyl (C=O) groups is 2. The molecule has 7 heteroatoms. The zero-order valence-electron chi connectivity index (χ0n) is 21.2. The van der Waals surface area contributed by atoms with E-state index >= 15 is 0 Å². The highest BCUT2D eigenvalue weighted by Crippen LogP contribution is 2.12. The van der Waals surface area contributed by atoms with Crippen LogP contribution in [0.5, 0.6) is 0 Å². The van der Waals surface area contributed by atoms with Crippen molar-refractivity contribution in [3.8, 4) is 0 Å². The molecule has 0 aliphatic carbocycles. The van der Waals surface area contributed by atoms with Crippen molar-refractivity contribution in [2.24, 2.45) is 17.2 Å². The average molecular weight is 459 g/mol. The second kappa shape index (κ2) is 27.7. The highest BCUT2D eigenvalue weighted by Gasteiger charge is 2.11. The lowest BCUT2D eigenvalue weighted by Crippen LogP contribution is -2.40. The van der Waals surface area contributed by atoms with E-state index in [0.29, 0.717) is 13.2 Å². The summed E-state index contributed by atoms with van der Waals surface area (Å²) >= 11 is 0. The molecule has 0 aliphatic rings. The fraction of sp³-hybridized carbons (Fsp3) is 0.920. The molecule has 0 aromatic rings. The molecule has 7 nitrogen and oxygen atoms in total. The van der Waals surface area contributed by atoms with Crippen molar-refractivity contribution in [3.63, 3.8) is 0 Å². The van der Waals surface area contributed by atoms with Crippen molar-refractivity contribution in [1.82, 2.24) is 5.32 Å². The zero-order chi connectivity index (χ0) is 24.3. The Labute approximate surface area is 198 Å². The quantitative estimate of drug-likeness (QED) is 0.177.